The van der Waals surface area contributed by atoms with Crippen LogP contribution in [0.4, 0.5) is 0 Å². The van der Waals surface area contributed by atoms with Crippen LogP contribution in [0.3, 0.4) is 0 Å². The minimum atomic E-state index is -0.435. The monoisotopic (exact) mass is 492 g/mol. The van der Waals surface area contributed by atoms with Crippen LogP contribution in [0.25, 0.3) is 0 Å². The Labute approximate surface area is 213 Å². The Morgan fingerprint density at radius 3 is 2.11 bits per heavy atom. The van der Waals surface area contributed by atoms with Crippen molar-refractivity contribution < 1.29 is 28.8 Å². The molecule has 6 atom stereocenters. The number of rotatable bonds is 13. The molecule has 36 heavy (non-hydrogen) atoms. The molecule has 6 nitrogen and oxygen atoms in total. The van der Waals surface area contributed by atoms with Crippen LogP contribution in [0, 0.1) is 11.8 Å². The minimum absolute atomic E-state index is 0.184. The van der Waals surface area contributed by atoms with E-state index in [-0.39, 0.29) is 12.2 Å². The number of hydrogen-bond acceptors (Lipinski definition) is 6. The van der Waals surface area contributed by atoms with Gasteiger partial charge in [-0.25, -0.2) is 4.79 Å². The molecule has 0 aliphatic heterocycles. The van der Waals surface area contributed by atoms with E-state index >= 15 is 0 Å². The first-order valence-corrected chi connectivity index (χ1v) is 12.7. The Morgan fingerprint density at radius 1 is 0.889 bits per heavy atom. The maximum absolute atomic E-state index is 11.3. The third-order valence-electron chi connectivity index (χ3n) is 7.22. The molecule has 0 bridgehead atoms. The van der Waals surface area contributed by atoms with Crippen LogP contribution in [0.1, 0.15) is 56.1 Å². The van der Waals surface area contributed by atoms with Gasteiger partial charge in [0, 0.05) is 6.08 Å². The van der Waals surface area contributed by atoms with E-state index < -0.39 is 5.97 Å². The average Bonchev–Trinajstić information content (AvgIpc) is 3.22. The lowest BCUT2D eigenvalue weighted by Crippen LogP contribution is -2.30. The van der Waals surface area contributed by atoms with Crippen molar-refractivity contribution in [2.45, 2.75) is 57.2 Å². The molecule has 0 spiro atoms. The van der Waals surface area contributed by atoms with Gasteiger partial charge in [0.2, 0.25) is 0 Å². The summed E-state index contributed by atoms with van der Waals surface area (Å²) in [6.45, 7) is 11.3. The Morgan fingerprint density at radius 2 is 1.50 bits per heavy atom. The fourth-order valence-electron chi connectivity index (χ4n) is 5.40. The van der Waals surface area contributed by atoms with Gasteiger partial charge in [0.1, 0.15) is 43.2 Å². The molecule has 192 valence electrons. The lowest BCUT2D eigenvalue weighted by Gasteiger charge is -2.41. The number of ether oxygens (including phenoxy) is 3. The summed E-state index contributed by atoms with van der Waals surface area (Å²) in [5, 5.41) is 0. The van der Waals surface area contributed by atoms with Crippen molar-refractivity contribution in [2.24, 2.45) is 11.8 Å². The first kappa shape index (κ1) is 25.8. The van der Waals surface area contributed by atoms with Crippen molar-refractivity contribution in [2.75, 3.05) is 13.2 Å². The predicted octanol–water partition coefficient (Wildman–Crippen LogP) is 6.34. The number of esters is 1. The maximum atomic E-state index is 11.3. The summed E-state index contributed by atoms with van der Waals surface area (Å²) in [7, 11) is 0. The van der Waals surface area contributed by atoms with E-state index in [9.17, 15) is 4.79 Å². The zero-order valence-corrected chi connectivity index (χ0v) is 21.1. The van der Waals surface area contributed by atoms with Gasteiger partial charge in [0.25, 0.3) is 0 Å². The highest BCUT2D eigenvalue weighted by atomic mass is 17.2. The summed E-state index contributed by atoms with van der Waals surface area (Å²) >= 11 is 0. The van der Waals surface area contributed by atoms with Gasteiger partial charge >= 0.3 is 5.97 Å². The summed E-state index contributed by atoms with van der Waals surface area (Å²) in [5.41, 5.74) is 2.78. The molecule has 6 heteroatoms. The molecule has 2 fully saturated rings. The molecule has 2 aromatic carbocycles. The summed E-state index contributed by atoms with van der Waals surface area (Å²) in [6.07, 6.45) is 5.64. The molecule has 0 heterocycles. The van der Waals surface area contributed by atoms with Gasteiger partial charge in [-0.2, -0.15) is 4.89 Å². The van der Waals surface area contributed by atoms with Crippen molar-refractivity contribution in [1.82, 2.24) is 0 Å². The Kier molecular flexibility index (Phi) is 8.70. The van der Waals surface area contributed by atoms with Gasteiger partial charge < -0.3 is 19.1 Å². The minimum Gasteiger partial charge on any atom is -0.491 e. The average molecular weight is 493 g/mol. The quantitative estimate of drug-likeness (QED) is 0.107. The third-order valence-corrected chi connectivity index (χ3v) is 7.22. The highest BCUT2D eigenvalue weighted by Gasteiger charge is 2.48. The van der Waals surface area contributed by atoms with E-state index in [0.717, 1.165) is 29.4 Å². The summed E-state index contributed by atoms with van der Waals surface area (Å²) in [4.78, 5) is 21.1. The van der Waals surface area contributed by atoms with Crippen LogP contribution in [-0.4, -0.2) is 31.4 Å². The molecule has 6 unspecified atom stereocenters. The van der Waals surface area contributed by atoms with E-state index in [4.69, 9.17) is 24.0 Å². The second kappa shape index (κ2) is 12.1. The van der Waals surface area contributed by atoms with Crippen LogP contribution in [0.15, 0.2) is 74.0 Å². The number of carbonyl (C=O) groups excluding carboxylic acids is 1. The molecule has 2 aliphatic carbocycles. The second-order valence-corrected chi connectivity index (χ2v) is 9.82. The van der Waals surface area contributed by atoms with Crippen molar-refractivity contribution in [3.63, 3.8) is 0 Å². The zero-order valence-electron chi connectivity index (χ0n) is 21.1. The summed E-state index contributed by atoms with van der Waals surface area (Å²) in [5.74, 6) is 3.94. The molecule has 0 amide bonds. The second-order valence-electron chi connectivity index (χ2n) is 9.82. The van der Waals surface area contributed by atoms with Crippen molar-refractivity contribution in [3.8, 4) is 11.5 Å². The normalized spacial score (nSPS) is 23.9. The van der Waals surface area contributed by atoms with E-state index in [0.29, 0.717) is 25.0 Å². The van der Waals surface area contributed by atoms with E-state index in [2.05, 4.69) is 37.4 Å². The number of carbonyl (C=O) groups is 1. The smallest absolute Gasteiger partial charge is 0.330 e. The first-order chi connectivity index (χ1) is 17.5. The van der Waals surface area contributed by atoms with Crippen molar-refractivity contribution >= 4 is 5.97 Å². The topological polar surface area (TPSA) is 63.2 Å². The predicted molar refractivity (Wildman–Crippen MR) is 138 cm³/mol. The Bertz CT molecular complexity index is 1010. The first-order valence-electron chi connectivity index (χ1n) is 12.7. The SMILES string of the molecule is C=COOC(C)COc1ccc(C2CC3CC(c4ccc(OCC(C)OC(=O)C=C)cc4)CC32)cc1. The zero-order chi connectivity index (χ0) is 25.5. The number of fused-ring (bicyclic) bond motifs is 1. The molecule has 0 radical (unpaired) electrons. The highest BCUT2D eigenvalue weighted by Crippen LogP contribution is 2.60. The molecule has 0 aromatic heterocycles. The van der Waals surface area contributed by atoms with Gasteiger partial charge in [0.15, 0.2) is 0 Å². The largest absolute Gasteiger partial charge is 0.491 e. The maximum Gasteiger partial charge on any atom is 0.330 e. The molecule has 4 rings (SSSR count). The van der Waals surface area contributed by atoms with Gasteiger partial charge in [-0.1, -0.05) is 37.4 Å². The van der Waals surface area contributed by atoms with Gasteiger partial charge in [-0.15, -0.1) is 0 Å². The number of benzene rings is 2. The third kappa shape index (κ3) is 6.49. The fourth-order valence-corrected chi connectivity index (χ4v) is 5.40. The Hall–Kier alpha value is -3.25. The van der Waals surface area contributed by atoms with E-state index in [1.165, 1.54) is 36.7 Å². The van der Waals surface area contributed by atoms with Crippen LogP contribution in [-0.2, 0) is 19.3 Å². The fraction of sp³-hybridized carbons (Fsp3) is 0.433. The van der Waals surface area contributed by atoms with Crippen molar-refractivity contribution in [1.29, 1.82) is 0 Å². The van der Waals surface area contributed by atoms with Crippen LogP contribution < -0.4 is 9.47 Å². The van der Waals surface area contributed by atoms with Crippen LogP contribution >= 0.6 is 0 Å². The molecular formula is C30H36O6. The lowest BCUT2D eigenvalue weighted by molar-refractivity contribution is -0.282. The molecule has 0 N–H and O–H groups in total. The molecule has 2 aromatic rings. The van der Waals surface area contributed by atoms with Gasteiger partial charge in [-0.3, -0.25) is 0 Å². The van der Waals surface area contributed by atoms with Crippen molar-refractivity contribution in [3.05, 3.63) is 85.2 Å². The highest BCUT2D eigenvalue weighted by molar-refractivity contribution is 5.81. The molecular weight excluding hydrogens is 456 g/mol. The Balaban J connectivity index is 1.24. The summed E-state index contributed by atoms with van der Waals surface area (Å²) in [6, 6.07) is 16.9. The van der Waals surface area contributed by atoms with Crippen LogP contribution in [0.2, 0.25) is 0 Å². The van der Waals surface area contributed by atoms with E-state index in [1.54, 1.807) is 6.92 Å². The van der Waals surface area contributed by atoms with Gasteiger partial charge in [-0.05, 0) is 92.2 Å². The van der Waals surface area contributed by atoms with Crippen LogP contribution in [0.5, 0.6) is 11.5 Å². The molecule has 2 aliphatic rings. The molecule has 2 saturated carbocycles. The van der Waals surface area contributed by atoms with E-state index in [1.807, 2.05) is 31.2 Å². The molecule has 0 saturated heterocycles. The summed E-state index contributed by atoms with van der Waals surface area (Å²) < 4.78 is 16.7. The number of hydrogen-bond donors (Lipinski definition) is 0. The van der Waals surface area contributed by atoms with Gasteiger partial charge in [0.05, 0.1) is 0 Å². The lowest BCUT2D eigenvalue weighted by atomic mass is 9.64. The standard InChI is InChI=1S/C30H36O6/c1-5-30(31)35-20(3)18-32-26-11-7-22(8-12-26)24-15-25-17-28(29(25)16-24)23-9-13-27(14-10-23)33-19-21(4)36-34-6-2/h5-14,20-21,24-25,28-29H,1-2,15-19H2,3-4H3.